The van der Waals surface area contributed by atoms with Gasteiger partial charge in [-0.3, -0.25) is 0 Å². The molecular formula is C22H16N8O2. The summed E-state index contributed by atoms with van der Waals surface area (Å²) in [6.07, 6.45) is 3.13. The third-order valence-electron chi connectivity index (χ3n) is 4.95. The average molecular weight is 424 g/mol. The van der Waals surface area contributed by atoms with Gasteiger partial charge < -0.3 is 10.1 Å². The number of aromatic nitrogens is 6. The fourth-order valence-electron chi connectivity index (χ4n) is 3.43. The molecule has 5 aromatic rings. The zero-order valence-corrected chi connectivity index (χ0v) is 16.9. The van der Waals surface area contributed by atoms with E-state index < -0.39 is 5.69 Å². The molecule has 0 bridgehead atoms. The monoisotopic (exact) mass is 424 g/mol. The Labute approximate surface area is 181 Å². The summed E-state index contributed by atoms with van der Waals surface area (Å²) in [5.74, 6) is 1.43. The van der Waals surface area contributed by atoms with Gasteiger partial charge in [0.2, 0.25) is 0 Å². The predicted octanol–water partition coefficient (Wildman–Crippen LogP) is 3.32. The number of nitrogens with zero attached hydrogens (tertiary/aromatic N) is 6. The van der Waals surface area contributed by atoms with Crippen molar-refractivity contribution in [3.8, 4) is 23.3 Å². The molecule has 2 aromatic carbocycles. The Morgan fingerprint density at radius 3 is 2.53 bits per heavy atom. The van der Waals surface area contributed by atoms with Crippen LogP contribution >= 0.6 is 0 Å². The number of aromatic amines is 1. The first-order valence-electron chi connectivity index (χ1n) is 9.66. The number of H-pyrrole nitrogens is 1. The Kier molecular flexibility index (Phi) is 4.61. The van der Waals surface area contributed by atoms with Crippen molar-refractivity contribution in [1.29, 1.82) is 5.26 Å². The Morgan fingerprint density at radius 1 is 1.09 bits per heavy atom. The first-order chi connectivity index (χ1) is 15.6. The van der Waals surface area contributed by atoms with Crippen LogP contribution in [-0.2, 0) is 0 Å². The van der Waals surface area contributed by atoms with Crippen LogP contribution in [-0.4, -0.2) is 29.8 Å². The fraction of sp³-hybridized carbons (Fsp3) is 0.0455. The lowest BCUT2D eigenvalue weighted by atomic mass is 10.1. The number of hydrogen-bond donors (Lipinski definition) is 2. The lowest BCUT2D eigenvalue weighted by Crippen LogP contribution is -2.16. The Morgan fingerprint density at radius 2 is 1.84 bits per heavy atom. The summed E-state index contributed by atoms with van der Waals surface area (Å²) in [7, 11) is 0. The number of nitriles is 1. The molecule has 3 heterocycles. The molecule has 10 heteroatoms. The van der Waals surface area contributed by atoms with Crippen molar-refractivity contribution in [3.05, 3.63) is 88.6 Å². The van der Waals surface area contributed by atoms with Crippen LogP contribution in [0.2, 0.25) is 0 Å². The Bertz CT molecular complexity index is 1510. The van der Waals surface area contributed by atoms with Crippen molar-refractivity contribution >= 4 is 16.9 Å². The molecule has 0 aliphatic heterocycles. The molecule has 0 fully saturated rings. The van der Waals surface area contributed by atoms with Gasteiger partial charge in [-0.05, 0) is 53.7 Å². The van der Waals surface area contributed by atoms with Gasteiger partial charge in [-0.25, -0.2) is 14.4 Å². The highest BCUT2D eigenvalue weighted by molar-refractivity contribution is 5.86. The topological polar surface area (TPSA) is 126 Å². The maximum atomic E-state index is 12.0. The second-order valence-corrected chi connectivity index (χ2v) is 6.96. The highest BCUT2D eigenvalue weighted by Crippen LogP contribution is 2.32. The first-order valence-corrected chi connectivity index (χ1v) is 9.66. The molecule has 3 aromatic heterocycles. The van der Waals surface area contributed by atoms with E-state index in [9.17, 15) is 10.1 Å². The number of tetrazole rings is 1. The average Bonchev–Trinajstić information content (AvgIpc) is 3.38. The van der Waals surface area contributed by atoms with Crippen molar-refractivity contribution in [2.75, 3.05) is 5.32 Å². The third-order valence-corrected chi connectivity index (χ3v) is 4.95. The number of hydrogen-bond acceptors (Lipinski definition) is 7. The minimum absolute atomic E-state index is 0.363. The van der Waals surface area contributed by atoms with Gasteiger partial charge in [0.1, 0.15) is 17.6 Å². The lowest BCUT2D eigenvalue weighted by molar-refractivity contribution is 0.483. The maximum absolute atomic E-state index is 12.0. The molecule has 32 heavy (non-hydrogen) atoms. The van der Waals surface area contributed by atoms with Gasteiger partial charge in [-0.2, -0.15) is 15.0 Å². The number of para-hydroxylation sites is 1. The van der Waals surface area contributed by atoms with E-state index in [2.05, 4.69) is 32.0 Å². The third kappa shape index (κ3) is 3.33. The van der Waals surface area contributed by atoms with Gasteiger partial charge in [0.05, 0.1) is 34.8 Å². The number of nitrogens with one attached hydrogen (secondary N) is 2. The Hall–Kier alpha value is -4.91. The molecule has 2 N–H and O–H groups in total. The van der Waals surface area contributed by atoms with Crippen LogP contribution in [0.25, 0.3) is 11.2 Å². The SMILES string of the molecule is Cc1c(-n2nn[nH]c2=O)cn2ncc(C#N)c(Nc3ccc(Oc4ccccc4)cc3)c12. The van der Waals surface area contributed by atoms with Crippen molar-refractivity contribution in [2.24, 2.45) is 0 Å². The summed E-state index contributed by atoms with van der Waals surface area (Å²) in [4.78, 5) is 12.0. The van der Waals surface area contributed by atoms with Gasteiger partial charge in [0.25, 0.3) is 0 Å². The molecule has 0 amide bonds. The molecule has 0 unspecified atom stereocenters. The van der Waals surface area contributed by atoms with E-state index in [0.717, 1.165) is 21.7 Å². The molecule has 156 valence electrons. The summed E-state index contributed by atoms with van der Waals surface area (Å²) in [5.41, 5.74) is 3.11. The summed E-state index contributed by atoms with van der Waals surface area (Å²) < 4.78 is 8.58. The number of aryl methyl sites for hydroxylation is 1. The minimum Gasteiger partial charge on any atom is -0.457 e. The smallest absolute Gasteiger partial charge is 0.365 e. The summed E-state index contributed by atoms with van der Waals surface area (Å²) in [6, 6.07) is 19.1. The summed E-state index contributed by atoms with van der Waals surface area (Å²) in [5, 5.41) is 26.9. The number of rotatable bonds is 5. The van der Waals surface area contributed by atoms with Crippen molar-refractivity contribution < 1.29 is 4.74 Å². The van der Waals surface area contributed by atoms with Crippen molar-refractivity contribution in [1.82, 2.24) is 29.8 Å². The van der Waals surface area contributed by atoms with E-state index in [4.69, 9.17) is 4.74 Å². The van der Waals surface area contributed by atoms with E-state index in [0.29, 0.717) is 28.2 Å². The summed E-state index contributed by atoms with van der Waals surface area (Å²) in [6.45, 7) is 1.83. The first kappa shape index (κ1) is 19.1. The lowest BCUT2D eigenvalue weighted by Gasteiger charge is -2.12. The van der Waals surface area contributed by atoms with E-state index in [1.807, 2.05) is 61.5 Å². The molecule has 0 aliphatic carbocycles. The standard InChI is InChI=1S/C22H16N8O2/c1-14-19(30-22(31)26-27-28-30)13-29-21(14)20(15(11-23)12-24-29)25-16-7-9-18(10-8-16)32-17-5-3-2-4-6-17/h2-10,12-13,25H,1H3,(H,26,28,31). The Balaban J connectivity index is 1.52. The summed E-state index contributed by atoms with van der Waals surface area (Å²) >= 11 is 0. The van der Waals surface area contributed by atoms with Crippen LogP contribution in [0.3, 0.4) is 0 Å². The number of fused-ring (bicyclic) bond motifs is 1. The van der Waals surface area contributed by atoms with Crippen LogP contribution < -0.4 is 15.7 Å². The molecule has 0 saturated heterocycles. The van der Waals surface area contributed by atoms with Gasteiger partial charge >= 0.3 is 5.69 Å². The quantitative estimate of drug-likeness (QED) is 0.443. The molecule has 10 nitrogen and oxygen atoms in total. The zero-order chi connectivity index (χ0) is 22.1. The van der Waals surface area contributed by atoms with Crippen LogP contribution in [0.1, 0.15) is 11.1 Å². The van der Waals surface area contributed by atoms with E-state index in [1.165, 1.54) is 6.20 Å². The van der Waals surface area contributed by atoms with Crippen molar-refractivity contribution in [3.63, 3.8) is 0 Å². The van der Waals surface area contributed by atoms with Crippen LogP contribution in [0, 0.1) is 18.3 Å². The molecule has 0 aliphatic rings. The largest absolute Gasteiger partial charge is 0.457 e. The molecule has 0 saturated carbocycles. The highest BCUT2D eigenvalue weighted by Gasteiger charge is 2.18. The van der Waals surface area contributed by atoms with Gasteiger partial charge in [-0.1, -0.05) is 18.2 Å². The maximum Gasteiger partial charge on any atom is 0.365 e. The highest BCUT2D eigenvalue weighted by atomic mass is 16.5. The minimum atomic E-state index is -0.465. The van der Waals surface area contributed by atoms with E-state index >= 15 is 0 Å². The predicted molar refractivity (Wildman–Crippen MR) is 116 cm³/mol. The van der Waals surface area contributed by atoms with Gasteiger partial charge in [0.15, 0.2) is 0 Å². The number of ether oxygens (including phenoxy) is 1. The van der Waals surface area contributed by atoms with Gasteiger partial charge in [0, 0.05) is 11.3 Å². The second-order valence-electron chi connectivity index (χ2n) is 6.96. The van der Waals surface area contributed by atoms with Crippen LogP contribution in [0.5, 0.6) is 11.5 Å². The molecular weight excluding hydrogens is 408 g/mol. The zero-order valence-electron chi connectivity index (χ0n) is 16.9. The van der Waals surface area contributed by atoms with E-state index in [-0.39, 0.29) is 0 Å². The molecule has 0 radical (unpaired) electrons. The molecule has 0 spiro atoms. The second kappa shape index (κ2) is 7.73. The molecule has 0 atom stereocenters. The van der Waals surface area contributed by atoms with Gasteiger partial charge in [-0.15, -0.1) is 0 Å². The van der Waals surface area contributed by atoms with Crippen LogP contribution in [0.15, 0.2) is 71.8 Å². The van der Waals surface area contributed by atoms with E-state index in [1.54, 1.807) is 10.7 Å². The van der Waals surface area contributed by atoms with Crippen molar-refractivity contribution in [2.45, 2.75) is 6.92 Å². The molecule has 5 rings (SSSR count). The number of anilines is 2. The van der Waals surface area contributed by atoms with Crippen LogP contribution in [0.4, 0.5) is 11.4 Å². The normalized spacial score (nSPS) is 10.8. The number of benzene rings is 2. The fourth-order valence-corrected chi connectivity index (χ4v) is 3.43.